The number of aromatic nitrogens is 1. The van der Waals surface area contributed by atoms with Gasteiger partial charge in [0.1, 0.15) is 5.60 Å². The third-order valence-electron chi connectivity index (χ3n) is 3.07. The Labute approximate surface area is 141 Å². The van der Waals surface area contributed by atoms with Gasteiger partial charge in [0.25, 0.3) is 0 Å². The van der Waals surface area contributed by atoms with Crippen LogP contribution in [0.4, 0.5) is 10.5 Å². The van der Waals surface area contributed by atoms with Crippen molar-refractivity contribution in [2.24, 2.45) is 0 Å². The number of hydrogen-bond donors (Lipinski definition) is 2. The van der Waals surface area contributed by atoms with Crippen molar-refractivity contribution >= 4 is 34.3 Å². The van der Waals surface area contributed by atoms with E-state index in [0.717, 1.165) is 16.6 Å². The lowest BCUT2D eigenvalue weighted by Gasteiger charge is -2.22. The molecule has 0 spiro atoms. The minimum absolute atomic E-state index is 0.0205. The molecule has 0 saturated heterocycles. The van der Waals surface area contributed by atoms with Crippen LogP contribution in [0.2, 0.25) is 5.02 Å². The van der Waals surface area contributed by atoms with Gasteiger partial charge in [-0.15, -0.1) is 0 Å². The molecule has 1 amide bonds. The molecule has 1 aromatic carbocycles. The first-order valence-corrected chi connectivity index (χ1v) is 7.90. The standard InChI is InChI=1S/C17H22ClN3O2/c1-11(10-20-16(22)23-17(2,3)4)21-14-8-7-13(18)15-12(14)6-5-9-19-15/h5-9,11,21H,10H2,1-4H3,(H,20,22). The van der Waals surface area contributed by atoms with Gasteiger partial charge in [0.05, 0.1) is 10.5 Å². The Bertz CT molecular complexity index is 698. The fourth-order valence-corrected chi connectivity index (χ4v) is 2.34. The van der Waals surface area contributed by atoms with Gasteiger partial charge < -0.3 is 15.4 Å². The van der Waals surface area contributed by atoms with Gasteiger partial charge in [0, 0.05) is 29.9 Å². The number of pyridine rings is 1. The van der Waals surface area contributed by atoms with Crippen LogP contribution < -0.4 is 10.6 Å². The number of benzene rings is 1. The molecule has 1 heterocycles. The van der Waals surface area contributed by atoms with E-state index >= 15 is 0 Å². The molecule has 0 bridgehead atoms. The van der Waals surface area contributed by atoms with Gasteiger partial charge in [-0.25, -0.2) is 4.79 Å². The second-order valence-electron chi connectivity index (χ2n) is 6.42. The number of carbonyl (C=O) groups excluding carboxylic acids is 1. The van der Waals surface area contributed by atoms with Gasteiger partial charge in [-0.1, -0.05) is 11.6 Å². The maximum absolute atomic E-state index is 11.7. The number of halogens is 1. The molecule has 6 heteroatoms. The van der Waals surface area contributed by atoms with E-state index in [0.29, 0.717) is 11.6 Å². The third-order valence-corrected chi connectivity index (χ3v) is 3.38. The number of ether oxygens (including phenoxy) is 1. The molecule has 5 nitrogen and oxygen atoms in total. The van der Waals surface area contributed by atoms with E-state index in [9.17, 15) is 4.79 Å². The average Bonchev–Trinajstić information content (AvgIpc) is 2.47. The van der Waals surface area contributed by atoms with E-state index in [1.54, 1.807) is 6.20 Å². The van der Waals surface area contributed by atoms with Crippen molar-refractivity contribution in [3.63, 3.8) is 0 Å². The van der Waals surface area contributed by atoms with Crippen molar-refractivity contribution in [1.82, 2.24) is 10.3 Å². The summed E-state index contributed by atoms with van der Waals surface area (Å²) in [5, 5.41) is 7.68. The average molecular weight is 336 g/mol. The molecule has 1 atom stereocenters. The Balaban J connectivity index is 2.00. The zero-order valence-corrected chi connectivity index (χ0v) is 14.6. The number of nitrogens with one attached hydrogen (secondary N) is 2. The van der Waals surface area contributed by atoms with Gasteiger partial charge in [-0.2, -0.15) is 0 Å². The summed E-state index contributed by atoms with van der Waals surface area (Å²) < 4.78 is 5.22. The molecule has 1 aromatic heterocycles. The van der Waals surface area contributed by atoms with Gasteiger partial charge >= 0.3 is 6.09 Å². The predicted molar refractivity (Wildman–Crippen MR) is 94.1 cm³/mol. The number of alkyl carbamates (subject to hydrolysis) is 1. The number of hydrogen-bond acceptors (Lipinski definition) is 4. The molecule has 2 aromatic rings. The van der Waals surface area contributed by atoms with Crippen LogP contribution in [-0.2, 0) is 4.74 Å². The summed E-state index contributed by atoms with van der Waals surface area (Å²) in [5.74, 6) is 0. The van der Waals surface area contributed by atoms with Gasteiger partial charge in [0.2, 0.25) is 0 Å². The minimum atomic E-state index is -0.501. The van der Waals surface area contributed by atoms with Crippen LogP contribution in [0.5, 0.6) is 0 Å². The summed E-state index contributed by atoms with van der Waals surface area (Å²) >= 11 is 6.17. The predicted octanol–water partition coefficient (Wildman–Crippen LogP) is 4.21. The molecule has 23 heavy (non-hydrogen) atoms. The van der Waals surface area contributed by atoms with Gasteiger partial charge in [0.15, 0.2) is 0 Å². The smallest absolute Gasteiger partial charge is 0.407 e. The number of fused-ring (bicyclic) bond motifs is 1. The van der Waals surface area contributed by atoms with Gasteiger partial charge in [-0.3, -0.25) is 4.98 Å². The molecule has 0 saturated carbocycles. The maximum atomic E-state index is 11.7. The minimum Gasteiger partial charge on any atom is -0.444 e. The summed E-state index contributed by atoms with van der Waals surface area (Å²) in [5.41, 5.74) is 1.18. The Morgan fingerprint density at radius 1 is 1.35 bits per heavy atom. The van der Waals surface area contributed by atoms with E-state index in [4.69, 9.17) is 16.3 Å². The highest BCUT2D eigenvalue weighted by Gasteiger charge is 2.16. The summed E-state index contributed by atoms with van der Waals surface area (Å²) in [6, 6.07) is 7.58. The lowest BCUT2D eigenvalue weighted by atomic mass is 10.1. The highest BCUT2D eigenvalue weighted by Crippen LogP contribution is 2.28. The van der Waals surface area contributed by atoms with E-state index in [1.807, 2.05) is 52.0 Å². The summed E-state index contributed by atoms with van der Waals surface area (Å²) in [6.45, 7) is 7.93. The first-order valence-electron chi connectivity index (χ1n) is 7.53. The van der Waals surface area contributed by atoms with Crippen LogP contribution >= 0.6 is 11.6 Å². The van der Waals surface area contributed by atoms with Crippen LogP contribution in [0.3, 0.4) is 0 Å². The second-order valence-corrected chi connectivity index (χ2v) is 6.83. The first kappa shape index (κ1) is 17.3. The van der Waals surface area contributed by atoms with Gasteiger partial charge in [-0.05, 0) is 52.0 Å². The third kappa shape index (κ3) is 4.99. The lowest BCUT2D eigenvalue weighted by Crippen LogP contribution is -2.38. The van der Waals surface area contributed by atoms with Crippen molar-refractivity contribution in [2.45, 2.75) is 39.3 Å². The highest BCUT2D eigenvalue weighted by atomic mass is 35.5. The molecule has 0 aliphatic heterocycles. The van der Waals surface area contributed by atoms with Crippen molar-refractivity contribution in [3.05, 3.63) is 35.5 Å². The van der Waals surface area contributed by atoms with Crippen molar-refractivity contribution in [3.8, 4) is 0 Å². The molecular formula is C17H22ClN3O2. The molecule has 2 N–H and O–H groups in total. The first-order chi connectivity index (χ1) is 10.8. The number of anilines is 1. The van der Waals surface area contributed by atoms with Crippen molar-refractivity contribution in [2.75, 3.05) is 11.9 Å². The Morgan fingerprint density at radius 3 is 2.78 bits per heavy atom. The normalized spacial score (nSPS) is 12.7. The number of nitrogens with zero attached hydrogens (tertiary/aromatic N) is 1. The summed E-state index contributed by atoms with van der Waals surface area (Å²) in [6.07, 6.45) is 1.29. The van der Waals surface area contributed by atoms with Crippen LogP contribution in [-0.4, -0.2) is 29.3 Å². The second kappa shape index (κ2) is 7.04. The van der Waals surface area contributed by atoms with E-state index in [1.165, 1.54) is 0 Å². The Kier molecular flexibility index (Phi) is 5.31. The molecule has 0 aliphatic carbocycles. The molecule has 1 unspecified atom stereocenters. The van der Waals surface area contributed by atoms with Crippen molar-refractivity contribution in [1.29, 1.82) is 0 Å². The maximum Gasteiger partial charge on any atom is 0.407 e. The number of amides is 1. The molecule has 2 rings (SSSR count). The van der Waals surface area contributed by atoms with Crippen LogP contribution in [0.15, 0.2) is 30.5 Å². The topological polar surface area (TPSA) is 63.2 Å². The van der Waals surface area contributed by atoms with Crippen LogP contribution in [0, 0.1) is 0 Å². The van der Waals surface area contributed by atoms with Crippen LogP contribution in [0.1, 0.15) is 27.7 Å². The molecule has 0 aliphatic rings. The largest absolute Gasteiger partial charge is 0.444 e. The quantitative estimate of drug-likeness (QED) is 0.878. The summed E-state index contributed by atoms with van der Waals surface area (Å²) in [4.78, 5) is 16.0. The molecule has 0 fully saturated rings. The Hall–Kier alpha value is -2.01. The fourth-order valence-electron chi connectivity index (χ4n) is 2.13. The van der Waals surface area contributed by atoms with E-state index in [2.05, 4.69) is 15.6 Å². The van der Waals surface area contributed by atoms with Crippen molar-refractivity contribution < 1.29 is 9.53 Å². The molecule has 124 valence electrons. The Morgan fingerprint density at radius 2 is 2.09 bits per heavy atom. The SMILES string of the molecule is CC(CNC(=O)OC(C)(C)C)Nc1ccc(Cl)c2ncccc12. The lowest BCUT2D eigenvalue weighted by molar-refractivity contribution is 0.0526. The molecular weight excluding hydrogens is 314 g/mol. The van der Waals surface area contributed by atoms with E-state index < -0.39 is 11.7 Å². The monoisotopic (exact) mass is 335 g/mol. The zero-order valence-electron chi connectivity index (χ0n) is 13.8. The number of rotatable bonds is 4. The zero-order chi connectivity index (χ0) is 17.0. The highest BCUT2D eigenvalue weighted by molar-refractivity contribution is 6.35. The number of carbonyl (C=O) groups is 1. The van der Waals surface area contributed by atoms with E-state index in [-0.39, 0.29) is 6.04 Å². The molecule has 0 radical (unpaired) electrons. The van der Waals surface area contributed by atoms with Crippen LogP contribution in [0.25, 0.3) is 10.9 Å². The fraction of sp³-hybridized carbons (Fsp3) is 0.412. The summed E-state index contributed by atoms with van der Waals surface area (Å²) in [7, 11) is 0.